The van der Waals surface area contributed by atoms with Crippen LogP contribution in [0.1, 0.15) is 11.1 Å². The third kappa shape index (κ3) is 1.62. The van der Waals surface area contributed by atoms with Gasteiger partial charge in [0, 0.05) is 22.2 Å². The van der Waals surface area contributed by atoms with E-state index in [0.29, 0.717) is 0 Å². The fraction of sp³-hybridized carbons (Fsp3) is 0.125. The van der Waals surface area contributed by atoms with Crippen molar-refractivity contribution in [3.05, 3.63) is 59.7 Å². The molecule has 0 radical (unpaired) electrons. The van der Waals surface area contributed by atoms with Gasteiger partial charge in [0.2, 0.25) is 0 Å². The number of para-hydroxylation sites is 1. The first-order chi connectivity index (χ1) is 8.81. The van der Waals surface area contributed by atoms with E-state index in [1.165, 1.54) is 10.9 Å². The van der Waals surface area contributed by atoms with E-state index in [1.54, 1.807) is 0 Å². The summed E-state index contributed by atoms with van der Waals surface area (Å²) in [5, 5.41) is 10.7. The Morgan fingerprint density at radius 3 is 2.50 bits per heavy atom. The van der Waals surface area contributed by atoms with Gasteiger partial charge in [0.1, 0.15) is 0 Å². The van der Waals surface area contributed by atoms with Gasteiger partial charge in [-0.1, -0.05) is 42.5 Å². The first-order valence-corrected chi connectivity index (χ1v) is 6.07. The number of aromatic nitrogens is 1. The molecule has 2 heteroatoms. The molecule has 2 nitrogen and oxygen atoms in total. The first-order valence-electron chi connectivity index (χ1n) is 6.07. The predicted molar refractivity (Wildman–Crippen MR) is 74.4 cm³/mol. The minimum absolute atomic E-state index is 0.0605. The van der Waals surface area contributed by atoms with E-state index in [4.69, 9.17) is 0 Å². The molecule has 0 aliphatic rings. The number of rotatable bonds is 2. The smallest absolute Gasteiger partial charge is 0.0688 e. The van der Waals surface area contributed by atoms with E-state index in [1.807, 2.05) is 36.4 Å². The molecule has 0 unspecified atom stereocenters. The summed E-state index contributed by atoms with van der Waals surface area (Å²) < 4.78 is 0. The molecule has 0 aliphatic carbocycles. The fourth-order valence-electron chi connectivity index (χ4n) is 2.45. The van der Waals surface area contributed by atoms with Gasteiger partial charge >= 0.3 is 0 Å². The average Bonchev–Trinajstić information content (AvgIpc) is 2.76. The summed E-state index contributed by atoms with van der Waals surface area (Å²) in [4.78, 5) is 3.44. The maximum atomic E-state index is 9.43. The molecule has 0 saturated heterocycles. The number of aromatic amines is 1. The van der Waals surface area contributed by atoms with Gasteiger partial charge in [-0.2, -0.15) is 0 Å². The van der Waals surface area contributed by atoms with Gasteiger partial charge in [-0.25, -0.2) is 0 Å². The maximum Gasteiger partial charge on any atom is 0.0688 e. The van der Waals surface area contributed by atoms with Crippen molar-refractivity contribution in [1.82, 2.24) is 4.98 Å². The van der Waals surface area contributed by atoms with Crippen LogP contribution >= 0.6 is 0 Å². The molecule has 3 aromatic rings. The molecule has 1 aromatic heterocycles. The average molecular weight is 237 g/mol. The van der Waals surface area contributed by atoms with E-state index in [-0.39, 0.29) is 6.61 Å². The molecule has 0 spiro atoms. The van der Waals surface area contributed by atoms with Crippen LogP contribution in [0.4, 0.5) is 0 Å². The van der Waals surface area contributed by atoms with Crippen molar-refractivity contribution in [1.29, 1.82) is 0 Å². The highest BCUT2D eigenvalue weighted by molar-refractivity contribution is 5.90. The van der Waals surface area contributed by atoms with Crippen LogP contribution in [0.5, 0.6) is 0 Å². The van der Waals surface area contributed by atoms with Crippen LogP contribution in [0.15, 0.2) is 48.5 Å². The van der Waals surface area contributed by atoms with Crippen molar-refractivity contribution >= 4 is 10.9 Å². The largest absolute Gasteiger partial charge is 0.392 e. The number of benzene rings is 2. The van der Waals surface area contributed by atoms with Gasteiger partial charge in [0.25, 0.3) is 0 Å². The summed E-state index contributed by atoms with van der Waals surface area (Å²) in [7, 11) is 0. The zero-order valence-electron chi connectivity index (χ0n) is 10.3. The van der Waals surface area contributed by atoms with Gasteiger partial charge in [0.15, 0.2) is 0 Å². The monoisotopic (exact) mass is 237 g/mol. The molecule has 2 aromatic carbocycles. The van der Waals surface area contributed by atoms with Crippen molar-refractivity contribution in [3.63, 3.8) is 0 Å². The zero-order valence-corrected chi connectivity index (χ0v) is 10.3. The van der Waals surface area contributed by atoms with Gasteiger partial charge in [-0.05, 0) is 24.1 Å². The lowest BCUT2D eigenvalue weighted by atomic mass is 10.0. The van der Waals surface area contributed by atoms with E-state index in [0.717, 1.165) is 22.3 Å². The summed E-state index contributed by atoms with van der Waals surface area (Å²) in [5.74, 6) is 0. The van der Waals surface area contributed by atoms with Crippen LogP contribution in [0.2, 0.25) is 0 Å². The summed E-state index contributed by atoms with van der Waals surface area (Å²) >= 11 is 0. The Labute approximate surface area is 106 Å². The molecule has 0 atom stereocenters. The third-order valence-corrected chi connectivity index (χ3v) is 3.42. The van der Waals surface area contributed by atoms with E-state index >= 15 is 0 Å². The number of aliphatic hydroxyl groups is 1. The second-order valence-electron chi connectivity index (χ2n) is 4.49. The molecule has 0 aliphatic heterocycles. The minimum atomic E-state index is 0.0605. The molecule has 2 N–H and O–H groups in total. The van der Waals surface area contributed by atoms with E-state index < -0.39 is 0 Å². The Morgan fingerprint density at radius 1 is 1.00 bits per heavy atom. The van der Waals surface area contributed by atoms with Crippen molar-refractivity contribution in [2.75, 3.05) is 0 Å². The van der Waals surface area contributed by atoms with Crippen LogP contribution in [-0.4, -0.2) is 10.1 Å². The Hall–Kier alpha value is -2.06. The zero-order chi connectivity index (χ0) is 12.5. The SMILES string of the molecule is Cc1c(-c2ccccc2CO)[nH]c2ccccc12. The van der Waals surface area contributed by atoms with Crippen molar-refractivity contribution < 1.29 is 5.11 Å². The van der Waals surface area contributed by atoms with Crippen LogP contribution in [0.3, 0.4) is 0 Å². The maximum absolute atomic E-state index is 9.43. The van der Waals surface area contributed by atoms with Crippen molar-refractivity contribution in [3.8, 4) is 11.3 Å². The lowest BCUT2D eigenvalue weighted by Crippen LogP contribution is -1.90. The number of aryl methyl sites for hydroxylation is 1. The lowest BCUT2D eigenvalue weighted by molar-refractivity contribution is 0.282. The summed E-state index contributed by atoms with van der Waals surface area (Å²) in [6.07, 6.45) is 0. The standard InChI is InChI=1S/C16H15NO/c1-11-13-7-4-5-9-15(13)17-16(11)14-8-3-2-6-12(14)10-18/h2-9,17-18H,10H2,1H3. The molecular formula is C16H15NO. The fourth-order valence-corrected chi connectivity index (χ4v) is 2.45. The van der Waals surface area contributed by atoms with Crippen LogP contribution < -0.4 is 0 Å². The Bertz CT molecular complexity index is 697. The highest BCUT2D eigenvalue weighted by Crippen LogP contribution is 2.31. The Balaban J connectivity index is 2.28. The Kier molecular flexibility index (Phi) is 2.65. The quantitative estimate of drug-likeness (QED) is 0.701. The highest BCUT2D eigenvalue weighted by Gasteiger charge is 2.11. The van der Waals surface area contributed by atoms with E-state index in [9.17, 15) is 5.11 Å². The summed E-state index contributed by atoms with van der Waals surface area (Å²) in [6, 6.07) is 16.2. The van der Waals surface area contributed by atoms with Crippen LogP contribution in [0.25, 0.3) is 22.2 Å². The second kappa shape index (κ2) is 4.31. The number of aliphatic hydroxyl groups excluding tert-OH is 1. The minimum Gasteiger partial charge on any atom is -0.392 e. The number of hydrogen-bond donors (Lipinski definition) is 2. The first kappa shape index (κ1) is 11.1. The molecule has 1 heterocycles. The molecular weight excluding hydrogens is 222 g/mol. The number of H-pyrrole nitrogens is 1. The molecule has 18 heavy (non-hydrogen) atoms. The van der Waals surface area contributed by atoms with Gasteiger partial charge in [0.05, 0.1) is 6.61 Å². The predicted octanol–water partition coefficient (Wildman–Crippen LogP) is 3.64. The van der Waals surface area contributed by atoms with Gasteiger partial charge in [-0.3, -0.25) is 0 Å². The van der Waals surface area contributed by atoms with Crippen LogP contribution in [-0.2, 0) is 6.61 Å². The highest BCUT2D eigenvalue weighted by atomic mass is 16.3. The molecule has 0 saturated carbocycles. The summed E-state index contributed by atoms with van der Waals surface area (Å²) in [5.41, 5.74) is 5.49. The van der Waals surface area contributed by atoms with E-state index in [2.05, 4.69) is 24.0 Å². The summed E-state index contributed by atoms with van der Waals surface area (Å²) in [6.45, 7) is 2.17. The van der Waals surface area contributed by atoms with Crippen molar-refractivity contribution in [2.45, 2.75) is 13.5 Å². The second-order valence-corrected chi connectivity index (χ2v) is 4.49. The lowest BCUT2D eigenvalue weighted by Gasteiger charge is -2.06. The molecule has 90 valence electrons. The molecule has 0 bridgehead atoms. The normalized spacial score (nSPS) is 11.0. The Morgan fingerprint density at radius 2 is 1.72 bits per heavy atom. The van der Waals surface area contributed by atoms with Crippen molar-refractivity contribution in [2.24, 2.45) is 0 Å². The number of hydrogen-bond acceptors (Lipinski definition) is 1. The van der Waals surface area contributed by atoms with Gasteiger partial charge < -0.3 is 10.1 Å². The van der Waals surface area contributed by atoms with Crippen LogP contribution in [0, 0.1) is 6.92 Å². The van der Waals surface area contributed by atoms with Gasteiger partial charge in [-0.15, -0.1) is 0 Å². The number of nitrogens with one attached hydrogen (secondary N) is 1. The molecule has 3 rings (SSSR count). The number of fused-ring (bicyclic) bond motifs is 1. The topological polar surface area (TPSA) is 36.0 Å². The molecule has 0 amide bonds. The molecule has 0 fully saturated rings. The third-order valence-electron chi connectivity index (χ3n) is 3.42.